The molecule has 0 bridgehead atoms. The van der Waals surface area contributed by atoms with Crippen molar-refractivity contribution >= 4 is 22.5 Å². The molecule has 1 aliphatic rings. The van der Waals surface area contributed by atoms with Gasteiger partial charge in [0.1, 0.15) is 11.6 Å². The molecule has 2 unspecified atom stereocenters. The predicted octanol–water partition coefficient (Wildman–Crippen LogP) is 5.45. The van der Waals surface area contributed by atoms with Crippen molar-refractivity contribution in [2.24, 2.45) is 7.05 Å². The number of aromatic nitrogens is 2. The van der Waals surface area contributed by atoms with Crippen LogP contribution in [0, 0.1) is 18.2 Å². The van der Waals surface area contributed by atoms with Gasteiger partial charge >= 0.3 is 0 Å². The van der Waals surface area contributed by atoms with E-state index in [-0.39, 0.29) is 41.1 Å². The van der Waals surface area contributed by atoms with Crippen molar-refractivity contribution in [2.75, 3.05) is 18.0 Å². The van der Waals surface area contributed by atoms with Crippen molar-refractivity contribution in [1.82, 2.24) is 14.5 Å². The van der Waals surface area contributed by atoms with Gasteiger partial charge in [-0.05, 0) is 61.4 Å². The molecule has 1 aliphatic heterocycles. The molecule has 5 rings (SSSR count). The zero-order valence-electron chi connectivity index (χ0n) is 20.9. The Morgan fingerprint density at radius 2 is 1.46 bits per heavy atom. The summed E-state index contributed by atoms with van der Waals surface area (Å²) in [5.74, 6) is -0.340. The van der Waals surface area contributed by atoms with Crippen molar-refractivity contribution in [1.29, 1.82) is 0 Å². The van der Waals surface area contributed by atoms with Gasteiger partial charge in [0, 0.05) is 38.3 Å². The molecule has 188 valence electrons. The number of halogens is 2. The van der Waals surface area contributed by atoms with Gasteiger partial charge in [0.25, 0.3) is 11.4 Å². The van der Waals surface area contributed by atoms with Crippen LogP contribution in [0.15, 0.2) is 71.5 Å². The number of pyridine rings is 2. The summed E-state index contributed by atoms with van der Waals surface area (Å²) in [7, 11) is 1.70. The highest BCUT2D eigenvalue weighted by Gasteiger charge is 2.37. The molecule has 1 fully saturated rings. The maximum atomic E-state index is 13.8. The minimum absolute atomic E-state index is 0.0204. The molecule has 37 heavy (non-hydrogen) atoms. The molecule has 0 amide bonds. The molecular formula is C29H27F2N5O. The van der Waals surface area contributed by atoms with Gasteiger partial charge in [0.05, 0.1) is 17.2 Å². The average molecular weight is 500 g/mol. The third-order valence-electron chi connectivity index (χ3n) is 7.17. The second-order valence-corrected chi connectivity index (χ2v) is 9.63. The van der Waals surface area contributed by atoms with E-state index in [1.165, 1.54) is 24.3 Å². The maximum Gasteiger partial charge on any atom is 0.270 e. The number of hydrogen-bond acceptors (Lipinski definition) is 4. The zero-order valence-corrected chi connectivity index (χ0v) is 20.9. The van der Waals surface area contributed by atoms with E-state index in [2.05, 4.69) is 33.5 Å². The Bertz CT molecular complexity index is 1490. The monoisotopic (exact) mass is 499 g/mol. The predicted molar refractivity (Wildman–Crippen MR) is 141 cm³/mol. The lowest BCUT2D eigenvalue weighted by atomic mass is 9.92. The molecule has 0 N–H and O–H groups in total. The number of aryl methyl sites for hydroxylation is 1. The zero-order chi connectivity index (χ0) is 26.3. The fourth-order valence-corrected chi connectivity index (χ4v) is 5.47. The summed E-state index contributed by atoms with van der Waals surface area (Å²) in [5, 5.41) is 0. The first-order valence-electron chi connectivity index (χ1n) is 12.2. The summed E-state index contributed by atoms with van der Waals surface area (Å²) in [5.41, 5.74) is 3.70. The first-order valence-corrected chi connectivity index (χ1v) is 12.2. The Hall–Kier alpha value is -4.09. The Labute approximate surface area is 214 Å². The molecule has 0 spiro atoms. The third-order valence-corrected chi connectivity index (χ3v) is 7.17. The van der Waals surface area contributed by atoms with Crippen LogP contribution in [0.1, 0.15) is 31.0 Å². The Kier molecular flexibility index (Phi) is 6.48. The molecule has 1 saturated heterocycles. The topological polar surface area (TPSA) is 45.7 Å². The van der Waals surface area contributed by atoms with Crippen molar-refractivity contribution < 1.29 is 8.78 Å². The average Bonchev–Trinajstić information content (AvgIpc) is 2.89. The van der Waals surface area contributed by atoms with Crippen LogP contribution in [0.5, 0.6) is 0 Å². The van der Waals surface area contributed by atoms with Crippen molar-refractivity contribution in [3.05, 3.63) is 111 Å². The van der Waals surface area contributed by atoms with E-state index in [0.717, 1.165) is 11.1 Å². The van der Waals surface area contributed by atoms with Crippen LogP contribution in [0.4, 0.5) is 20.3 Å². The largest absolute Gasteiger partial charge is 0.365 e. The fraction of sp³-hybridized carbons (Fsp3) is 0.276. The number of hydrogen-bond donors (Lipinski definition) is 0. The molecule has 0 radical (unpaired) electrons. The van der Waals surface area contributed by atoms with Crippen LogP contribution in [-0.2, 0) is 7.05 Å². The van der Waals surface area contributed by atoms with E-state index in [9.17, 15) is 13.6 Å². The quantitative estimate of drug-likeness (QED) is 0.350. The van der Waals surface area contributed by atoms with Gasteiger partial charge in [0.2, 0.25) is 5.52 Å². The molecule has 0 aliphatic carbocycles. The number of anilines is 1. The maximum absolute atomic E-state index is 13.8. The van der Waals surface area contributed by atoms with Gasteiger partial charge in [-0.15, -0.1) is 4.98 Å². The number of piperazine rings is 1. The SMILES string of the molecule is [C-]#[N+]c1ccc2c(n1)c(N1CC(C)N(C(c3ccc(F)cc3)c3ccc(F)cc3)C(C)C1)cc(=O)n2C. The molecule has 2 atom stereocenters. The molecular weight excluding hydrogens is 472 g/mol. The smallest absolute Gasteiger partial charge is 0.270 e. The molecule has 2 aromatic heterocycles. The summed E-state index contributed by atoms with van der Waals surface area (Å²) in [6.07, 6.45) is 0. The van der Waals surface area contributed by atoms with Gasteiger partial charge in [-0.1, -0.05) is 30.8 Å². The number of nitrogens with zero attached hydrogens (tertiary/aromatic N) is 5. The Morgan fingerprint density at radius 3 is 1.97 bits per heavy atom. The van der Waals surface area contributed by atoms with Gasteiger partial charge in [-0.2, -0.15) is 0 Å². The van der Waals surface area contributed by atoms with Gasteiger partial charge in [-0.25, -0.2) is 8.78 Å². The van der Waals surface area contributed by atoms with Gasteiger partial charge in [0.15, 0.2) is 0 Å². The van der Waals surface area contributed by atoms with Crippen LogP contribution in [-0.4, -0.2) is 39.6 Å². The van der Waals surface area contributed by atoms with E-state index >= 15 is 0 Å². The molecule has 3 heterocycles. The summed E-state index contributed by atoms with van der Waals surface area (Å²) >= 11 is 0. The van der Waals surface area contributed by atoms with Crippen LogP contribution < -0.4 is 10.5 Å². The normalized spacial score (nSPS) is 18.4. The number of rotatable bonds is 4. The van der Waals surface area contributed by atoms with Crippen LogP contribution in [0.2, 0.25) is 0 Å². The highest BCUT2D eigenvalue weighted by molar-refractivity contribution is 5.89. The van der Waals surface area contributed by atoms with Gasteiger partial charge in [-0.3, -0.25) is 9.69 Å². The lowest BCUT2D eigenvalue weighted by Crippen LogP contribution is -2.58. The number of benzene rings is 2. The first-order chi connectivity index (χ1) is 17.8. The van der Waals surface area contributed by atoms with Crippen molar-refractivity contribution in [3.8, 4) is 0 Å². The van der Waals surface area contributed by atoms with Crippen LogP contribution in [0.25, 0.3) is 15.9 Å². The summed E-state index contributed by atoms with van der Waals surface area (Å²) in [4.78, 5) is 25.3. The lowest BCUT2D eigenvalue weighted by Gasteiger charge is -2.49. The second kappa shape index (κ2) is 9.75. The van der Waals surface area contributed by atoms with Crippen LogP contribution in [0.3, 0.4) is 0 Å². The molecule has 6 nitrogen and oxygen atoms in total. The summed E-state index contributed by atoms with van der Waals surface area (Å²) in [6.45, 7) is 12.8. The highest BCUT2D eigenvalue weighted by Crippen LogP contribution is 2.36. The van der Waals surface area contributed by atoms with E-state index in [1.807, 2.05) is 0 Å². The highest BCUT2D eigenvalue weighted by atomic mass is 19.1. The van der Waals surface area contributed by atoms with E-state index < -0.39 is 0 Å². The summed E-state index contributed by atoms with van der Waals surface area (Å²) < 4.78 is 29.1. The molecule has 2 aromatic carbocycles. The van der Waals surface area contributed by atoms with Gasteiger partial charge < -0.3 is 14.3 Å². The molecule has 4 aromatic rings. The van der Waals surface area contributed by atoms with Crippen molar-refractivity contribution in [2.45, 2.75) is 32.0 Å². The first kappa shape index (κ1) is 24.6. The van der Waals surface area contributed by atoms with Crippen LogP contribution >= 0.6 is 0 Å². The Morgan fingerprint density at radius 1 is 0.919 bits per heavy atom. The standard InChI is InChI=1S/C29H27F2N5O/c1-18-16-35(25-15-27(37)34(4)24-13-14-26(32-3)33-28(24)25)17-19(2)36(18)29(20-5-9-22(30)10-6-20)21-7-11-23(31)12-8-21/h5-15,18-19,29H,16-17H2,1-2,4H3. The second-order valence-electron chi connectivity index (χ2n) is 9.63. The van der Waals surface area contributed by atoms with E-state index in [0.29, 0.717) is 29.8 Å². The lowest BCUT2D eigenvalue weighted by molar-refractivity contribution is 0.0964. The minimum Gasteiger partial charge on any atom is -0.365 e. The molecule has 8 heteroatoms. The minimum atomic E-state index is -0.309. The van der Waals surface area contributed by atoms with E-state index in [1.54, 1.807) is 54.1 Å². The van der Waals surface area contributed by atoms with Crippen molar-refractivity contribution in [3.63, 3.8) is 0 Å². The Balaban J connectivity index is 1.55. The third kappa shape index (κ3) is 4.58. The fourth-order valence-electron chi connectivity index (χ4n) is 5.47. The summed E-state index contributed by atoms with van der Waals surface area (Å²) in [6, 6.07) is 17.7. The molecule has 0 saturated carbocycles. The number of fused-ring (bicyclic) bond motifs is 1. The van der Waals surface area contributed by atoms with E-state index in [4.69, 9.17) is 6.57 Å².